The molecule has 126 valence electrons. The summed E-state index contributed by atoms with van der Waals surface area (Å²) in [5, 5.41) is 0. The predicted octanol–water partition coefficient (Wildman–Crippen LogP) is 2.37. The second kappa shape index (κ2) is 5.70. The fourth-order valence-corrected chi connectivity index (χ4v) is 2.59. The van der Waals surface area contributed by atoms with E-state index in [1.165, 1.54) is 4.57 Å². The fourth-order valence-electron chi connectivity index (χ4n) is 2.59. The first kappa shape index (κ1) is 16.1. The summed E-state index contributed by atoms with van der Waals surface area (Å²) in [7, 11) is 1.59. The molecule has 0 bridgehead atoms. The highest BCUT2D eigenvalue weighted by molar-refractivity contribution is 5.75. The Hall–Kier alpha value is -2.76. The molecule has 2 heterocycles. The van der Waals surface area contributed by atoms with Gasteiger partial charge in [0.15, 0.2) is 0 Å². The number of nitrogens with zero attached hydrogens (tertiary/aromatic N) is 1. The molecule has 24 heavy (non-hydrogen) atoms. The first-order valence-electron chi connectivity index (χ1n) is 7.79. The van der Waals surface area contributed by atoms with E-state index >= 15 is 0 Å². The molecule has 0 aliphatic rings. The SMILES string of the molecule is COc1ccc(Cn2c(=O)[nH]c3cc(C(C)(C)C)[nH]c3c2=O)cc1. The van der Waals surface area contributed by atoms with Gasteiger partial charge in [-0.15, -0.1) is 0 Å². The quantitative estimate of drug-likeness (QED) is 0.775. The van der Waals surface area contributed by atoms with Crippen molar-refractivity contribution in [1.82, 2.24) is 14.5 Å². The highest BCUT2D eigenvalue weighted by Crippen LogP contribution is 2.23. The van der Waals surface area contributed by atoms with Crippen LogP contribution in [0.15, 0.2) is 39.9 Å². The van der Waals surface area contributed by atoms with Crippen LogP contribution in [0.1, 0.15) is 32.0 Å². The Morgan fingerprint density at radius 3 is 2.33 bits per heavy atom. The van der Waals surface area contributed by atoms with Crippen LogP contribution in [0.5, 0.6) is 5.75 Å². The van der Waals surface area contributed by atoms with Crippen LogP contribution >= 0.6 is 0 Å². The van der Waals surface area contributed by atoms with E-state index < -0.39 is 5.69 Å². The largest absolute Gasteiger partial charge is 0.497 e. The van der Waals surface area contributed by atoms with Crippen LogP contribution in [0.3, 0.4) is 0 Å². The Labute approximate surface area is 139 Å². The van der Waals surface area contributed by atoms with Gasteiger partial charge in [0.1, 0.15) is 11.3 Å². The van der Waals surface area contributed by atoms with Crippen molar-refractivity contribution in [1.29, 1.82) is 0 Å². The van der Waals surface area contributed by atoms with Gasteiger partial charge in [0.05, 0.1) is 19.2 Å². The second-order valence-electron chi connectivity index (χ2n) is 6.89. The van der Waals surface area contributed by atoms with Gasteiger partial charge in [-0.1, -0.05) is 32.9 Å². The number of rotatable bonds is 3. The van der Waals surface area contributed by atoms with Crippen molar-refractivity contribution in [3.05, 3.63) is 62.4 Å². The maximum atomic E-state index is 12.7. The zero-order valence-electron chi connectivity index (χ0n) is 14.3. The van der Waals surface area contributed by atoms with E-state index in [0.717, 1.165) is 17.0 Å². The van der Waals surface area contributed by atoms with Gasteiger partial charge in [0, 0.05) is 11.1 Å². The number of aromatic nitrogens is 3. The molecule has 0 atom stereocenters. The number of hydrogen-bond acceptors (Lipinski definition) is 3. The molecule has 3 aromatic rings. The first-order chi connectivity index (χ1) is 11.3. The highest BCUT2D eigenvalue weighted by atomic mass is 16.5. The normalized spacial score (nSPS) is 11.8. The molecule has 0 radical (unpaired) electrons. The van der Waals surface area contributed by atoms with Gasteiger partial charge in [-0.05, 0) is 23.8 Å². The van der Waals surface area contributed by atoms with Crippen molar-refractivity contribution in [2.45, 2.75) is 32.7 Å². The summed E-state index contributed by atoms with van der Waals surface area (Å²) in [6, 6.07) is 9.11. The van der Waals surface area contributed by atoms with Crippen molar-refractivity contribution in [3.8, 4) is 5.75 Å². The number of aromatic amines is 2. The molecule has 0 spiro atoms. The van der Waals surface area contributed by atoms with Crippen molar-refractivity contribution >= 4 is 11.0 Å². The molecule has 6 nitrogen and oxygen atoms in total. The minimum atomic E-state index is -0.414. The second-order valence-corrected chi connectivity index (χ2v) is 6.89. The summed E-state index contributed by atoms with van der Waals surface area (Å²) >= 11 is 0. The molecule has 1 aromatic carbocycles. The first-order valence-corrected chi connectivity index (χ1v) is 7.79. The van der Waals surface area contributed by atoms with Gasteiger partial charge in [0.2, 0.25) is 0 Å². The lowest BCUT2D eigenvalue weighted by Gasteiger charge is -2.15. The zero-order chi connectivity index (χ0) is 17.5. The lowest BCUT2D eigenvalue weighted by Crippen LogP contribution is -2.35. The number of ether oxygens (including phenoxy) is 1. The molecular weight excluding hydrogens is 306 g/mol. The van der Waals surface area contributed by atoms with E-state index in [1.54, 1.807) is 19.2 Å². The topological polar surface area (TPSA) is 79.9 Å². The van der Waals surface area contributed by atoms with Crippen molar-refractivity contribution < 1.29 is 4.74 Å². The van der Waals surface area contributed by atoms with E-state index in [4.69, 9.17) is 4.74 Å². The Morgan fingerprint density at radius 2 is 1.75 bits per heavy atom. The van der Waals surface area contributed by atoms with Crippen LogP contribution in [0.4, 0.5) is 0 Å². The van der Waals surface area contributed by atoms with Gasteiger partial charge in [-0.3, -0.25) is 9.36 Å². The molecule has 0 unspecified atom stereocenters. The Balaban J connectivity index is 2.07. The third-order valence-corrected chi connectivity index (χ3v) is 4.07. The summed E-state index contributed by atoms with van der Waals surface area (Å²) in [5.41, 5.74) is 1.86. The molecule has 0 amide bonds. The molecule has 2 N–H and O–H groups in total. The van der Waals surface area contributed by atoms with Crippen molar-refractivity contribution in [3.63, 3.8) is 0 Å². The monoisotopic (exact) mass is 327 g/mol. The summed E-state index contributed by atoms with van der Waals surface area (Å²) in [6.07, 6.45) is 0. The molecule has 6 heteroatoms. The van der Waals surface area contributed by atoms with Crippen LogP contribution in [0.2, 0.25) is 0 Å². The van der Waals surface area contributed by atoms with Crippen LogP contribution < -0.4 is 16.0 Å². The Bertz CT molecular complexity index is 985. The van der Waals surface area contributed by atoms with Crippen molar-refractivity contribution in [2.24, 2.45) is 0 Å². The molecule has 0 saturated heterocycles. The average Bonchev–Trinajstić information content (AvgIpc) is 2.96. The van der Waals surface area contributed by atoms with Gasteiger partial charge < -0.3 is 14.7 Å². The smallest absolute Gasteiger partial charge is 0.329 e. The standard InChI is InChI=1S/C18H21N3O3/c1-18(2,3)14-9-13-15(20-14)16(22)21(17(23)19-13)10-11-5-7-12(24-4)8-6-11/h5-9,20H,10H2,1-4H3,(H,19,23). The number of benzene rings is 1. The average molecular weight is 327 g/mol. The minimum absolute atomic E-state index is 0.136. The fraction of sp³-hybridized carbons (Fsp3) is 0.333. The molecule has 3 rings (SSSR count). The summed E-state index contributed by atoms with van der Waals surface area (Å²) < 4.78 is 6.32. The third kappa shape index (κ3) is 2.87. The Kier molecular flexibility index (Phi) is 3.83. The molecule has 0 aliphatic carbocycles. The van der Waals surface area contributed by atoms with Crippen LogP contribution in [0.25, 0.3) is 11.0 Å². The van der Waals surface area contributed by atoms with Crippen LogP contribution in [-0.4, -0.2) is 21.6 Å². The minimum Gasteiger partial charge on any atom is -0.497 e. The molecule has 0 fully saturated rings. The highest BCUT2D eigenvalue weighted by Gasteiger charge is 2.19. The summed E-state index contributed by atoms with van der Waals surface area (Å²) in [6.45, 7) is 6.35. The molecular formula is C18H21N3O3. The number of methoxy groups -OCH3 is 1. The van der Waals surface area contributed by atoms with Crippen LogP contribution in [-0.2, 0) is 12.0 Å². The van der Waals surface area contributed by atoms with E-state index in [1.807, 2.05) is 39.0 Å². The number of H-pyrrole nitrogens is 2. The number of fused-ring (bicyclic) bond motifs is 1. The van der Waals surface area contributed by atoms with Gasteiger partial charge >= 0.3 is 5.69 Å². The summed E-state index contributed by atoms with van der Waals surface area (Å²) in [5.74, 6) is 0.731. The molecule has 2 aromatic heterocycles. The van der Waals surface area contributed by atoms with Crippen LogP contribution in [0, 0.1) is 0 Å². The van der Waals surface area contributed by atoms with Gasteiger partial charge in [-0.25, -0.2) is 4.79 Å². The lowest BCUT2D eigenvalue weighted by molar-refractivity contribution is 0.414. The predicted molar refractivity (Wildman–Crippen MR) is 94.0 cm³/mol. The van der Waals surface area contributed by atoms with Gasteiger partial charge in [0.25, 0.3) is 5.56 Å². The van der Waals surface area contributed by atoms with Gasteiger partial charge in [-0.2, -0.15) is 0 Å². The number of hydrogen-bond donors (Lipinski definition) is 2. The Morgan fingerprint density at radius 1 is 1.08 bits per heavy atom. The van der Waals surface area contributed by atoms with Crippen molar-refractivity contribution in [2.75, 3.05) is 7.11 Å². The summed E-state index contributed by atoms with van der Waals surface area (Å²) in [4.78, 5) is 31.0. The van der Waals surface area contributed by atoms with E-state index in [0.29, 0.717) is 11.0 Å². The third-order valence-electron chi connectivity index (χ3n) is 4.07. The molecule has 0 saturated carbocycles. The van der Waals surface area contributed by atoms with E-state index in [9.17, 15) is 9.59 Å². The lowest BCUT2D eigenvalue weighted by atomic mass is 9.93. The molecule has 0 aliphatic heterocycles. The maximum absolute atomic E-state index is 12.7. The number of nitrogens with one attached hydrogen (secondary N) is 2. The zero-order valence-corrected chi connectivity index (χ0v) is 14.3. The maximum Gasteiger partial charge on any atom is 0.329 e. The van der Waals surface area contributed by atoms with E-state index in [2.05, 4.69) is 9.97 Å². The van der Waals surface area contributed by atoms with E-state index in [-0.39, 0.29) is 17.5 Å².